The summed E-state index contributed by atoms with van der Waals surface area (Å²) in [6.07, 6.45) is 7.06. The summed E-state index contributed by atoms with van der Waals surface area (Å²) in [6.45, 7) is 2.01. The average Bonchev–Trinajstić information content (AvgIpc) is 2.29. The highest BCUT2D eigenvalue weighted by Crippen LogP contribution is 2.25. The molecule has 0 saturated carbocycles. The number of nitrogens with zero attached hydrogens (tertiary/aromatic N) is 1. The Balaban J connectivity index is 2.24. The van der Waals surface area contributed by atoms with Crippen molar-refractivity contribution in [2.45, 2.75) is 18.9 Å². The number of allylic oxidation sites excluding steroid dienone is 2. The van der Waals surface area contributed by atoms with Gasteiger partial charge in [-0.2, -0.15) is 5.26 Å². The summed E-state index contributed by atoms with van der Waals surface area (Å²) in [6, 6.07) is 9.71. The van der Waals surface area contributed by atoms with E-state index in [1.54, 1.807) is 0 Å². The van der Waals surface area contributed by atoms with Gasteiger partial charge in [-0.1, -0.05) is 30.4 Å². The molecular weight excluding hydrogens is 196 g/mol. The second-order valence-corrected chi connectivity index (χ2v) is 4.39. The van der Waals surface area contributed by atoms with Crippen LogP contribution in [0.25, 0.3) is 5.57 Å². The van der Waals surface area contributed by atoms with Gasteiger partial charge in [-0.3, -0.25) is 0 Å². The van der Waals surface area contributed by atoms with E-state index < -0.39 is 0 Å². The van der Waals surface area contributed by atoms with Gasteiger partial charge in [0.05, 0.1) is 11.6 Å². The van der Waals surface area contributed by atoms with Gasteiger partial charge < -0.3 is 5.73 Å². The Kier molecular flexibility index (Phi) is 2.64. The van der Waals surface area contributed by atoms with E-state index in [1.807, 2.05) is 43.3 Å². The molecule has 0 bridgehead atoms. The summed E-state index contributed by atoms with van der Waals surface area (Å²) in [4.78, 5) is 0. The molecule has 1 atom stereocenters. The second-order valence-electron chi connectivity index (χ2n) is 4.39. The molecule has 2 heteroatoms. The SMILES string of the molecule is CC1(N)C=CC(c2ccc(C#N)cc2)=CC1. The van der Waals surface area contributed by atoms with E-state index in [0.717, 1.165) is 12.0 Å². The monoisotopic (exact) mass is 210 g/mol. The lowest BCUT2D eigenvalue weighted by molar-refractivity contribution is 0.591. The lowest BCUT2D eigenvalue weighted by Crippen LogP contribution is -2.33. The van der Waals surface area contributed by atoms with Crippen LogP contribution < -0.4 is 5.73 Å². The molecule has 0 amide bonds. The summed E-state index contributed by atoms with van der Waals surface area (Å²) in [5.74, 6) is 0. The first-order valence-corrected chi connectivity index (χ1v) is 5.29. The smallest absolute Gasteiger partial charge is 0.0991 e. The zero-order valence-corrected chi connectivity index (χ0v) is 9.27. The van der Waals surface area contributed by atoms with Gasteiger partial charge in [0.25, 0.3) is 0 Å². The molecule has 0 spiro atoms. The Morgan fingerprint density at radius 1 is 1.31 bits per heavy atom. The molecule has 2 N–H and O–H groups in total. The van der Waals surface area contributed by atoms with Crippen LogP contribution in [0.5, 0.6) is 0 Å². The van der Waals surface area contributed by atoms with E-state index in [0.29, 0.717) is 5.56 Å². The van der Waals surface area contributed by atoms with Gasteiger partial charge in [-0.15, -0.1) is 0 Å². The van der Waals surface area contributed by atoms with Crippen LogP contribution in [0.1, 0.15) is 24.5 Å². The predicted molar refractivity (Wildman–Crippen MR) is 65.5 cm³/mol. The summed E-state index contributed by atoms with van der Waals surface area (Å²) in [5, 5.41) is 8.71. The quantitative estimate of drug-likeness (QED) is 0.774. The maximum atomic E-state index is 8.71. The molecule has 2 nitrogen and oxygen atoms in total. The first kappa shape index (κ1) is 10.7. The number of hydrogen-bond acceptors (Lipinski definition) is 2. The topological polar surface area (TPSA) is 49.8 Å². The van der Waals surface area contributed by atoms with Gasteiger partial charge in [0, 0.05) is 5.54 Å². The molecule has 16 heavy (non-hydrogen) atoms. The zero-order valence-electron chi connectivity index (χ0n) is 9.27. The van der Waals surface area contributed by atoms with Crippen LogP contribution in [0.2, 0.25) is 0 Å². The van der Waals surface area contributed by atoms with Crippen LogP contribution >= 0.6 is 0 Å². The fourth-order valence-electron chi connectivity index (χ4n) is 1.70. The molecule has 80 valence electrons. The number of rotatable bonds is 1. The van der Waals surface area contributed by atoms with E-state index in [9.17, 15) is 0 Å². The van der Waals surface area contributed by atoms with Gasteiger partial charge in [-0.05, 0) is 36.6 Å². The van der Waals surface area contributed by atoms with Gasteiger partial charge in [0.1, 0.15) is 0 Å². The third kappa shape index (κ3) is 2.21. The van der Waals surface area contributed by atoms with Crippen molar-refractivity contribution in [2.75, 3.05) is 0 Å². The van der Waals surface area contributed by atoms with E-state index in [4.69, 9.17) is 11.0 Å². The Bertz CT molecular complexity index is 484. The van der Waals surface area contributed by atoms with Crippen LogP contribution in [0.3, 0.4) is 0 Å². The van der Waals surface area contributed by atoms with Crippen LogP contribution in [0.15, 0.2) is 42.5 Å². The maximum absolute atomic E-state index is 8.71. The lowest BCUT2D eigenvalue weighted by atomic mass is 9.89. The molecule has 1 unspecified atom stereocenters. The van der Waals surface area contributed by atoms with E-state index >= 15 is 0 Å². The highest BCUT2D eigenvalue weighted by Gasteiger charge is 2.16. The highest BCUT2D eigenvalue weighted by molar-refractivity contribution is 5.75. The molecular formula is C14H14N2. The molecule has 1 aromatic carbocycles. The van der Waals surface area contributed by atoms with Crippen LogP contribution in [0, 0.1) is 11.3 Å². The van der Waals surface area contributed by atoms with Crippen LogP contribution in [-0.4, -0.2) is 5.54 Å². The molecule has 1 aliphatic carbocycles. The Morgan fingerprint density at radius 2 is 2.00 bits per heavy atom. The molecule has 1 aromatic rings. The minimum atomic E-state index is -0.226. The summed E-state index contributed by atoms with van der Waals surface area (Å²) < 4.78 is 0. The Hall–Kier alpha value is -1.85. The van der Waals surface area contributed by atoms with E-state index in [1.165, 1.54) is 5.57 Å². The molecule has 0 radical (unpaired) electrons. The summed E-state index contributed by atoms with van der Waals surface area (Å²) in [5.41, 5.74) is 8.75. The van der Waals surface area contributed by atoms with Gasteiger partial charge in [0.15, 0.2) is 0 Å². The molecule has 2 rings (SSSR count). The third-order valence-corrected chi connectivity index (χ3v) is 2.75. The van der Waals surface area contributed by atoms with Crippen molar-refractivity contribution in [3.05, 3.63) is 53.6 Å². The van der Waals surface area contributed by atoms with Gasteiger partial charge in [0.2, 0.25) is 0 Å². The number of nitriles is 1. The third-order valence-electron chi connectivity index (χ3n) is 2.75. The van der Waals surface area contributed by atoms with Crippen molar-refractivity contribution in [3.63, 3.8) is 0 Å². The number of hydrogen-bond donors (Lipinski definition) is 1. The Morgan fingerprint density at radius 3 is 2.50 bits per heavy atom. The highest BCUT2D eigenvalue weighted by atomic mass is 14.7. The standard InChI is InChI=1S/C14H14N2/c1-14(16)8-6-13(7-9-14)12-4-2-11(10-15)3-5-12/h2-8H,9,16H2,1H3. The zero-order chi connectivity index (χ0) is 11.6. The van der Waals surface area contributed by atoms with Crippen molar-refractivity contribution < 1.29 is 0 Å². The molecule has 1 aliphatic rings. The van der Waals surface area contributed by atoms with Crippen LogP contribution in [0.4, 0.5) is 0 Å². The minimum absolute atomic E-state index is 0.226. The van der Waals surface area contributed by atoms with Gasteiger partial charge in [-0.25, -0.2) is 0 Å². The van der Waals surface area contributed by atoms with Gasteiger partial charge >= 0.3 is 0 Å². The average molecular weight is 210 g/mol. The summed E-state index contributed by atoms with van der Waals surface area (Å²) in [7, 11) is 0. The van der Waals surface area contributed by atoms with E-state index in [-0.39, 0.29) is 5.54 Å². The van der Waals surface area contributed by atoms with E-state index in [2.05, 4.69) is 12.1 Å². The Labute approximate surface area is 95.7 Å². The molecule has 0 aromatic heterocycles. The largest absolute Gasteiger partial charge is 0.322 e. The second kappa shape index (κ2) is 3.96. The minimum Gasteiger partial charge on any atom is -0.322 e. The lowest BCUT2D eigenvalue weighted by Gasteiger charge is -2.22. The van der Waals surface area contributed by atoms with Crippen molar-refractivity contribution in [2.24, 2.45) is 5.73 Å². The fraction of sp³-hybridized carbons (Fsp3) is 0.214. The fourth-order valence-corrected chi connectivity index (χ4v) is 1.70. The molecule has 0 saturated heterocycles. The normalized spacial score (nSPS) is 23.7. The maximum Gasteiger partial charge on any atom is 0.0991 e. The number of nitrogens with two attached hydrogens (primary N) is 1. The van der Waals surface area contributed by atoms with Crippen molar-refractivity contribution >= 4 is 5.57 Å². The van der Waals surface area contributed by atoms with Crippen molar-refractivity contribution in [3.8, 4) is 6.07 Å². The van der Waals surface area contributed by atoms with Crippen molar-refractivity contribution in [1.82, 2.24) is 0 Å². The summed E-state index contributed by atoms with van der Waals surface area (Å²) >= 11 is 0. The molecule has 0 heterocycles. The molecule has 0 aliphatic heterocycles. The van der Waals surface area contributed by atoms with Crippen LogP contribution in [-0.2, 0) is 0 Å². The molecule has 0 fully saturated rings. The first-order chi connectivity index (χ1) is 7.61. The predicted octanol–water partition coefficient (Wildman–Crippen LogP) is 2.62. The first-order valence-electron chi connectivity index (χ1n) is 5.29. The van der Waals surface area contributed by atoms with Crippen molar-refractivity contribution in [1.29, 1.82) is 5.26 Å². The number of benzene rings is 1.